The van der Waals surface area contributed by atoms with Gasteiger partial charge in [-0.15, -0.1) is 0 Å². The average molecular weight is 239 g/mol. The van der Waals surface area contributed by atoms with E-state index in [-0.39, 0.29) is 0 Å². The minimum Gasteiger partial charge on any atom is -0.311 e. The molecule has 0 aromatic carbocycles. The maximum atomic E-state index is 3.91. The summed E-state index contributed by atoms with van der Waals surface area (Å²) in [7, 11) is 0. The summed E-state index contributed by atoms with van der Waals surface area (Å²) in [4.78, 5) is 0. The molecule has 1 N–H and O–H groups in total. The second-order valence-electron chi connectivity index (χ2n) is 6.84. The molecule has 3 atom stereocenters. The summed E-state index contributed by atoms with van der Waals surface area (Å²) in [5.41, 5.74) is 0. The number of hydrogen-bond acceptors (Lipinski definition) is 1. The third-order valence-electron chi connectivity index (χ3n) is 4.35. The van der Waals surface area contributed by atoms with E-state index < -0.39 is 0 Å². The van der Waals surface area contributed by atoms with Gasteiger partial charge in [0.05, 0.1) is 0 Å². The van der Waals surface area contributed by atoms with Gasteiger partial charge in [0.1, 0.15) is 0 Å². The van der Waals surface area contributed by atoms with Crippen LogP contribution in [0, 0.1) is 17.8 Å². The quantitative estimate of drug-likeness (QED) is 0.713. The lowest BCUT2D eigenvalue weighted by molar-refractivity contribution is 0.191. The normalized spacial score (nSPS) is 27.7. The minimum absolute atomic E-state index is 0.696. The van der Waals surface area contributed by atoms with Crippen molar-refractivity contribution in [2.24, 2.45) is 17.8 Å². The molecule has 1 rings (SSSR count). The molecule has 0 amide bonds. The topological polar surface area (TPSA) is 12.0 Å². The van der Waals surface area contributed by atoms with Crippen LogP contribution in [-0.4, -0.2) is 12.1 Å². The molecule has 1 aliphatic rings. The van der Waals surface area contributed by atoms with Gasteiger partial charge in [-0.3, -0.25) is 0 Å². The molecule has 0 aromatic heterocycles. The Morgan fingerprint density at radius 1 is 0.941 bits per heavy atom. The van der Waals surface area contributed by atoms with Crippen molar-refractivity contribution < 1.29 is 0 Å². The summed E-state index contributed by atoms with van der Waals surface area (Å²) in [6.45, 7) is 11.8. The molecule has 0 bridgehead atoms. The molecule has 17 heavy (non-hydrogen) atoms. The van der Waals surface area contributed by atoms with Crippen LogP contribution in [0.1, 0.15) is 73.1 Å². The van der Waals surface area contributed by atoms with Crippen molar-refractivity contribution in [2.75, 3.05) is 0 Å². The Kier molecular flexibility index (Phi) is 6.54. The van der Waals surface area contributed by atoms with Gasteiger partial charge >= 0.3 is 0 Å². The zero-order valence-corrected chi connectivity index (χ0v) is 12.6. The second kappa shape index (κ2) is 7.41. The highest BCUT2D eigenvalue weighted by Gasteiger charge is 2.27. The number of hydrogen-bond donors (Lipinski definition) is 1. The molecule has 0 heterocycles. The van der Waals surface area contributed by atoms with E-state index in [1.54, 1.807) is 0 Å². The van der Waals surface area contributed by atoms with E-state index in [2.05, 4.69) is 39.9 Å². The van der Waals surface area contributed by atoms with Crippen LogP contribution in [0.25, 0.3) is 0 Å². The number of rotatable bonds is 6. The Bertz CT molecular complexity index is 198. The molecule has 0 aliphatic heterocycles. The summed E-state index contributed by atoms with van der Waals surface area (Å²) in [5.74, 6) is 2.59. The summed E-state index contributed by atoms with van der Waals surface area (Å²) < 4.78 is 0. The SMILES string of the molecule is CC(C)CCC(C)NC1CCCCC1C(C)C. The third kappa shape index (κ3) is 5.42. The summed E-state index contributed by atoms with van der Waals surface area (Å²) in [6, 6.07) is 1.48. The molecular formula is C16H33N. The van der Waals surface area contributed by atoms with Gasteiger partial charge in [-0.25, -0.2) is 0 Å². The molecule has 102 valence electrons. The van der Waals surface area contributed by atoms with Crippen LogP contribution in [0.5, 0.6) is 0 Å². The van der Waals surface area contributed by atoms with Crippen LogP contribution < -0.4 is 5.32 Å². The molecule has 1 saturated carbocycles. The fraction of sp³-hybridized carbons (Fsp3) is 1.00. The van der Waals surface area contributed by atoms with Crippen molar-refractivity contribution in [1.82, 2.24) is 5.32 Å². The van der Waals surface area contributed by atoms with Gasteiger partial charge in [0, 0.05) is 12.1 Å². The molecule has 0 radical (unpaired) electrons. The minimum atomic E-state index is 0.696. The molecule has 1 aliphatic carbocycles. The standard InChI is InChI=1S/C16H33N/c1-12(2)10-11-14(5)17-16-9-7-6-8-15(16)13(3)4/h12-17H,6-11H2,1-5H3. The first-order valence-corrected chi connectivity index (χ1v) is 7.76. The van der Waals surface area contributed by atoms with Crippen molar-refractivity contribution in [1.29, 1.82) is 0 Å². The van der Waals surface area contributed by atoms with E-state index >= 15 is 0 Å². The highest BCUT2D eigenvalue weighted by atomic mass is 15.0. The largest absolute Gasteiger partial charge is 0.311 e. The molecule has 0 saturated heterocycles. The third-order valence-corrected chi connectivity index (χ3v) is 4.35. The van der Waals surface area contributed by atoms with Crippen molar-refractivity contribution in [3.63, 3.8) is 0 Å². The molecule has 0 aromatic rings. The lowest BCUT2D eigenvalue weighted by atomic mass is 9.77. The van der Waals surface area contributed by atoms with E-state index in [4.69, 9.17) is 0 Å². The zero-order chi connectivity index (χ0) is 12.8. The van der Waals surface area contributed by atoms with Crippen LogP contribution in [0.15, 0.2) is 0 Å². The Balaban J connectivity index is 2.36. The first-order valence-electron chi connectivity index (χ1n) is 7.76. The van der Waals surface area contributed by atoms with Crippen LogP contribution in [0.3, 0.4) is 0 Å². The average Bonchev–Trinajstić information content (AvgIpc) is 2.27. The smallest absolute Gasteiger partial charge is 0.0100 e. The zero-order valence-electron chi connectivity index (χ0n) is 12.6. The van der Waals surface area contributed by atoms with Crippen LogP contribution in [0.4, 0.5) is 0 Å². The Hall–Kier alpha value is -0.0400. The maximum absolute atomic E-state index is 3.91. The first-order chi connectivity index (χ1) is 8.00. The molecule has 3 unspecified atom stereocenters. The van der Waals surface area contributed by atoms with Gasteiger partial charge in [0.2, 0.25) is 0 Å². The Morgan fingerprint density at radius 3 is 2.18 bits per heavy atom. The highest BCUT2D eigenvalue weighted by molar-refractivity contribution is 4.84. The van der Waals surface area contributed by atoms with Gasteiger partial charge in [-0.1, -0.05) is 40.5 Å². The van der Waals surface area contributed by atoms with E-state index in [1.165, 1.54) is 38.5 Å². The second-order valence-corrected chi connectivity index (χ2v) is 6.84. The van der Waals surface area contributed by atoms with Gasteiger partial charge in [0.25, 0.3) is 0 Å². The van der Waals surface area contributed by atoms with Crippen molar-refractivity contribution in [3.8, 4) is 0 Å². The predicted molar refractivity (Wildman–Crippen MR) is 77.3 cm³/mol. The fourth-order valence-corrected chi connectivity index (χ4v) is 3.20. The molecule has 0 spiro atoms. The van der Waals surface area contributed by atoms with Gasteiger partial charge < -0.3 is 5.32 Å². The number of nitrogens with one attached hydrogen (secondary N) is 1. The summed E-state index contributed by atoms with van der Waals surface area (Å²) in [5, 5.41) is 3.91. The Labute approximate surface area is 109 Å². The van der Waals surface area contributed by atoms with Crippen LogP contribution >= 0.6 is 0 Å². The first kappa shape index (κ1) is 15.0. The lowest BCUT2D eigenvalue weighted by Crippen LogP contribution is -2.45. The van der Waals surface area contributed by atoms with Crippen molar-refractivity contribution in [2.45, 2.75) is 85.2 Å². The van der Waals surface area contributed by atoms with Gasteiger partial charge in [-0.2, -0.15) is 0 Å². The van der Waals surface area contributed by atoms with Gasteiger partial charge in [0.15, 0.2) is 0 Å². The van der Waals surface area contributed by atoms with E-state index in [0.717, 1.165) is 23.8 Å². The molecular weight excluding hydrogens is 206 g/mol. The van der Waals surface area contributed by atoms with E-state index in [1.807, 2.05) is 0 Å². The highest BCUT2D eigenvalue weighted by Crippen LogP contribution is 2.30. The lowest BCUT2D eigenvalue weighted by Gasteiger charge is -2.37. The monoisotopic (exact) mass is 239 g/mol. The molecule has 1 fully saturated rings. The van der Waals surface area contributed by atoms with Crippen LogP contribution in [-0.2, 0) is 0 Å². The predicted octanol–water partition coefficient (Wildman–Crippen LogP) is 4.62. The van der Waals surface area contributed by atoms with E-state index in [0.29, 0.717) is 6.04 Å². The summed E-state index contributed by atoms with van der Waals surface area (Å²) >= 11 is 0. The molecule has 1 nitrogen and oxygen atoms in total. The summed E-state index contributed by atoms with van der Waals surface area (Å²) in [6.07, 6.45) is 8.40. The van der Waals surface area contributed by atoms with E-state index in [9.17, 15) is 0 Å². The van der Waals surface area contributed by atoms with Crippen LogP contribution in [0.2, 0.25) is 0 Å². The Morgan fingerprint density at radius 2 is 1.59 bits per heavy atom. The van der Waals surface area contributed by atoms with Gasteiger partial charge in [-0.05, 0) is 50.4 Å². The fourth-order valence-electron chi connectivity index (χ4n) is 3.20. The van der Waals surface area contributed by atoms with Crippen molar-refractivity contribution >= 4 is 0 Å². The van der Waals surface area contributed by atoms with Crippen molar-refractivity contribution in [3.05, 3.63) is 0 Å². The maximum Gasteiger partial charge on any atom is 0.0100 e. The molecule has 1 heteroatoms.